The molecule has 120 valence electrons. The molecule has 0 radical (unpaired) electrons. The summed E-state index contributed by atoms with van der Waals surface area (Å²) >= 11 is 0. The van der Waals surface area contributed by atoms with Crippen LogP contribution in [0, 0.1) is 12.7 Å². The number of primary amides is 1. The molecule has 2 atom stereocenters. The average molecular weight is 309 g/mol. The number of carbonyl (C=O) groups is 2. The van der Waals surface area contributed by atoms with E-state index in [1.165, 1.54) is 17.0 Å². The fraction of sp³-hybridized carbons (Fsp3) is 0.467. The van der Waals surface area contributed by atoms with Crippen LogP contribution in [-0.2, 0) is 4.79 Å². The summed E-state index contributed by atoms with van der Waals surface area (Å²) in [5, 5.41) is 11.5. The second-order valence-electron chi connectivity index (χ2n) is 5.50. The summed E-state index contributed by atoms with van der Waals surface area (Å²) < 4.78 is 13.3. The Kier molecular flexibility index (Phi) is 4.97. The molecule has 0 aliphatic carbocycles. The highest BCUT2D eigenvalue weighted by atomic mass is 19.1. The number of nitrogens with one attached hydrogen (secondary N) is 1. The smallest absolute Gasteiger partial charge is 0.315 e. The number of aliphatic hydroxyl groups is 1. The van der Waals surface area contributed by atoms with E-state index in [1.807, 2.05) is 0 Å². The lowest BCUT2D eigenvalue weighted by atomic mass is 9.89. The number of piperidine rings is 1. The van der Waals surface area contributed by atoms with Crippen molar-refractivity contribution in [2.45, 2.75) is 31.8 Å². The molecule has 1 aromatic rings. The summed E-state index contributed by atoms with van der Waals surface area (Å²) in [6, 6.07) is 3.37. The molecule has 7 heteroatoms. The van der Waals surface area contributed by atoms with Crippen molar-refractivity contribution in [3.63, 3.8) is 0 Å². The Labute approximate surface area is 128 Å². The highest BCUT2D eigenvalue weighted by molar-refractivity contribution is 5.77. The molecule has 1 saturated heterocycles. The Balaban J connectivity index is 2.25. The van der Waals surface area contributed by atoms with Crippen LogP contribution in [-0.4, -0.2) is 41.1 Å². The first kappa shape index (κ1) is 16.2. The van der Waals surface area contributed by atoms with Gasteiger partial charge in [-0.1, -0.05) is 6.07 Å². The summed E-state index contributed by atoms with van der Waals surface area (Å²) in [6.45, 7) is 1.59. The van der Waals surface area contributed by atoms with Gasteiger partial charge in [0.05, 0.1) is 6.04 Å². The van der Waals surface area contributed by atoms with Crippen molar-refractivity contribution in [2.24, 2.45) is 5.73 Å². The molecule has 4 N–H and O–H groups in total. The fourth-order valence-electron chi connectivity index (χ4n) is 2.94. The molecule has 1 heterocycles. The number of nitrogens with zero attached hydrogens (tertiary/aromatic N) is 1. The molecule has 0 bridgehead atoms. The average Bonchev–Trinajstić information content (AvgIpc) is 2.46. The highest BCUT2D eigenvalue weighted by Gasteiger charge is 2.33. The number of urea groups is 1. The van der Waals surface area contributed by atoms with Crippen LogP contribution in [0.2, 0.25) is 0 Å². The van der Waals surface area contributed by atoms with E-state index in [9.17, 15) is 14.0 Å². The van der Waals surface area contributed by atoms with Gasteiger partial charge in [-0.2, -0.15) is 0 Å². The third-order valence-corrected chi connectivity index (χ3v) is 3.99. The van der Waals surface area contributed by atoms with E-state index in [0.717, 1.165) is 11.1 Å². The molecule has 2 unspecified atom stereocenters. The minimum absolute atomic E-state index is 0.162. The first-order chi connectivity index (χ1) is 10.4. The van der Waals surface area contributed by atoms with E-state index in [0.29, 0.717) is 19.4 Å². The lowest BCUT2D eigenvalue weighted by Gasteiger charge is -2.39. The van der Waals surface area contributed by atoms with Crippen LogP contribution in [0.25, 0.3) is 0 Å². The van der Waals surface area contributed by atoms with Gasteiger partial charge in [0, 0.05) is 12.6 Å². The van der Waals surface area contributed by atoms with Crippen LogP contribution in [0.1, 0.15) is 30.0 Å². The quantitative estimate of drug-likeness (QED) is 0.771. The molecule has 1 aliphatic heterocycles. The molecule has 3 amide bonds. The number of carbonyl (C=O) groups excluding carboxylic acids is 2. The molecule has 0 saturated carbocycles. The van der Waals surface area contributed by atoms with Crippen LogP contribution < -0.4 is 11.1 Å². The second-order valence-corrected chi connectivity index (χ2v) is 5.50. The number of aliphatic hydroxyl groups excluding tert-OH is 1. The summed E-state index contributed by atoms with van der Waals surface area (Å²) in [4.78, 5) is 24.5. The van der Waals surface area contributed by atoms with Gasteiger partial charge in [-0.15, -0.1) is 0 Å². The predicted molar refractivity (Wildman–Crippen MR) is 78.4 cm³/mol. The predicted octanol–water partition coefficient (Wildman–Crippen LogP) is 0.827. The minimum Gasteiger partial charge on any atom is -0.387 e. The third-order valence-electron chi connectivity index (χ3n) is 3.99. The van der Waals surface area contributed by atoms with Crippen LogP contribution in [0.15, 0.2) is 18.2 Å². The Morgan fingerprint density at radius 1 is 1.50 bits per heavy atom. The molecule has 2 rings (SSSR count). The molecule has 1 fully saturated rings. The number of rotatable bonds is 3. The van der Waals surface area contributed by atoms with E-state index in [1.54, 1.807) is 13.0 Å². The Hall–Kier alpha value is -2.15. The van der Waals surface area contributed by atoms with Crippen molar-refractivity contribution in [1.82, 2.24) is 10.2 Å². The minimum atomic E-state index is -0.573. The van der Waals surface area contributed by atoms with Gasteiger partial charge in [0.2, 0.25) is 5.91 Å². The van der Waals surface area contributed by atoms with Gasteiger partial charge in [0.1, 0.15) is 12.4 Å². The number of hydrogen-bond donors (Lipinski definition) is 3. The van der Waals surface area contributed by atoms with Crippen LogP contribution in [0.4, 0.5) is 9.18 Å². The largest absolute Gasteiger partial charge is 0.387 e. The molecular formula is C15H20FN3O3. The molecule has 6 nitrogen and oxygen atoms in total. The second kappa shape index (κ2) is 6.74. The zero-order valence-corrected chi connectivity index (χ0v) is 12.4. The van der Waals surface area contributed by atoms with Crippen molar-refractivity contribution >= 4 is 11.9 Å². The van der Waals surface area contributed by atoms with Crippen LogP contribution in [0.5, 0.6) is 0 Å². The Morgan fingerprint density at radius 2 is 2.23 bits per heavy atom. The van der Waals surface area contributed by atoms with Gasteiger partial charge >= 0.3 is 6.03 Å². The van der Waals surface area contributed by atoms with Gasteiger partial charge in [0.15, 0.2) is 0 Å². The SMILES string of the molecule is Cc1cc(F)ccc1C1CC(NC(=O)CO)CCN1C(N)=O. The van der Waals surface area contributed by atoms with Crippen molar-refractivity contribution in [1.29, 1.82) is 0 Å². The molecular weight excluding hydrogens is 289 g/mol. The first-order valence-corrected chi connectivity index (χ1v) is 7.14. The lowest BCUT2D eigenvalue weighted by Crippen LogP contribution is -2.50. The number of nitrogens with two attached hydrogens (primary N) is 1. The zero-order valence-electron chi connectivity index (χ0n) is 12.4. The van der Waals surface area contributed by atoms with Gasteiger partial charge in [-0.05, 0) is 43.0 Å². The summed E-state index contributed by atoms with van der Waals surface area (Å²) in [5.41, 5.74) is 6.97. The number of benzene rings is 1. The van der Waals surface area contributed by atoms with Crippen molar-refractivity contribution < 1.29 is 19.1 Å². The third kappa shape index (κ3) is 3.54. The molecule has 0 aromatic heterocycles. The van der Waals surface area contributed by atoms with Gasteiger partial charge < -0.3 is 21.1 Å². The van der Waals surface area contributed by atoms with E-state index < -0.39 is 18.5 Å². The standard InChI is InChI=1S/C15H20FN3O3/c1-9-6-10(16)2-3-12(9)13-7-11(18-14(21)8-20)4-5-19(13)15(17)22/h2-3,6,11,13,20H,4-5,7-8H2,1H3,(H2,17,22)(H,18,21). The number of aryl methyl sites for hydroxylation is 1. The molecule has 22 heavy (non-hydrogen) atoms. The number of likely N-dealkylation sites (tertiary alicyclic amines) is 1. The van der Waals surface area contributed by atoms with Crippen LogP contribution in [0.3, 0.4) is 0 Å². The Morgan fingerprint density at radius 3 is 2.82 bits per heavy atom. The van der Waals surface area contributed by atoms with Crippen molar-refractivity contribution in [3.05, 3.63) is 35.1 Å². The number of hydrogen-bond acceptors (Lipinski definition) is 3. The maximum Gasteiger partial charge on any atom is 0.315 e. The monoisotopic (exact) mass is 309 g/mol. The normalized spacial score (nSPS) is 21.5. The van der Waals surface area contributed by atoms with E-state index >= 15 is 0 Å². The zero-order chi connectivity index (χ0) is 16.3. The van der Waals surface area contributed by atoms with Gasteiger partial charge in [0.25, 0.3) is 0 Å². The van der Waals surface area contributed by atoms with Gasteiger partial charge in [-0.3, -0.25) is 4.79 Å². The fourth-order valence-corrected chi connectivity index (χ4v) is 2.94. The molecule has 1 aromatic carbocycles. The maximum atomic E-state index is 13.3. The topological polar surface area (TPSA) is 95.7 Å². The van der Waals surface area contributed by atoms with Crippen molar-refractivity contribution in [2.75, 3.05) is 13.2 Å². The van der Waals surface area contributed by atoms with Crippen molar-refractivity contribution in [3.8, 4) is 0 Å². The van der Waals surface area contributed by atoms with E-state index in [2.05, 4.69) is 5.32 Å². The number of amides is 3. The van der Waals surface area contributed by atoms with E-state index in [4.69, 9.17) is 10.8 Å². The molecule has 1 aliphatic rings. The lowest BCUT2D eigenvalue weighted by molar-refractivity contribution is -0.124. The highest BCUT2D eigenvalue weighted by Crippen LogP contribution is 2.33. The molecule has 0 spiro atoms. The van der Waals surface area contributed by atoms with Crippen LogP contribution >= 0.6 is 0 Å². The number of halogens is 1. The Bertz CT molecular complexity index is 579. The van der Waals surface area contributed by atoms with Gasteiger partial charge in [-0.25, -0.2) is 9.18 Å². The van der Waals surface area contributed by atoms with E-state index in [-0.39, 0.29) is 17.9 Å². The summed E-state index contributed by atoms with van der Waals surface area (Å²) in [5.74, 6) is -0.792. The first-order valence-electron chi connectivity index (χ1n) is 7.14. The summed E-state index contributed by atoms with van der Waals surface area (Å²) in [6.07, 6.45) is 1.03. The maximum absolute atomic E-state index is 13.3. The summed E-state index contributed by atoms with van der Waals surface area (Å²) in [7, 11) is 0.